The minimum Gasteiger partial charge on any atom is -0.456 e. The normalized spacial score (nSPS) is 12.2. The Balaban J connectivity index is 2.59. The van der Waals surface area contributed by atoms with Gasteiger partial charge in [0, 0.05) is 0 Å². The fourth-order valence-corrected chi connectivity index (χ4v) is 1.03. The molecule has 0 aromatic heterocycles. The van der Waals surface area contributed by atoms with Gasteiger partial charge in [-0.15, -0.1) is 0 Å². The monoisotopic (exact) mass is 180 g/mol. The summed E-state index contributed by atoms with van der Waals surface area (Å²) in [6, 6.07) is 9.38. The van der Waals surface area contributed by atoms with E-state index in [1.54, 1.807) is 6.92 Å². The summed E-state index contributed by atoms with van der Waals surface area (Å²) in [6.45, 7) is 1.19. The maximum Gasteiger partial charge on any atom is 0.332 e. The molecule has 0 bridgehead atoms. The summed E-state index contributed by atoms with van der Waals surface area (Å²) >= 11 is 0. The van der Waals surface area contributed by atoms with E-state index < -0.39 is 12.6 Å². The van der Waals surface area contributed by atoms with Crippen LogP contribution in [-0.2, 0) is 9.53 Å². The third-order valence-electron chi connectivity index (χ3n) is 1.71. The number of hydrogen-bond acceptors (Lipinski definition) is 3. The van der Waals surface area contributed by atoms with Crippen molar-refractivity contribution in [2.45, 2.75) is 13.0 Å². The molecule has 3 heteroatoms. The van der Waals surface area contributed by atoms with Crippen molar-refractivity contribution in [1.29, 1.82) is 0 Å². The maximum atomic E-state index is 10.7. The number of carbonyl (C=O) groups excluding carboxylic acids is 1. The second kappa shape index (κ2) is 4.62. The third-order valence-corrected chi connectivity index (χ3v) is 1.71. The molecule has 13 heavy (non-hydrogen) atoms. The first-order chi connectivity index (χ1) is 6.24. The Morgan fingerprint density at radius 2 is 2.08 bits per heavy atom. The van der Waals surface area contributed by atoms with Crippen molar-refractivity contribution in [3.05, 3.63) is 35.9 Å². The first kappa shape index (κ1) is 9.74. The Kier molecular flexibility index (Phi) is 3.46. The SMILES string of the molecule is C[C@@H](OC(=O)CO)c1ccccc1. The molecule has 1 rings (SSSR count). The van der Waals surface area contributed by atoms with Crippen molar-refractivity contribution in [2.75, 3.05) is 6.61 Å². The highest BCUT2D eigenvalue weighted by Gasteiger charge is 2.09. The predicted octanol–water partition coefficient (Wildman–Crippen LogP) is 1.28. The number of hydrogen-bond donors (Lipinski definition) is 1. The van der Waals surface area contributed by atoms with Gasteiger partial charge in [-0.2, -0.15) is 0 Å². The molecule has 0 aliphatic heterocycles. The molecule has 0 aliphatic carbocycles. The predicted molar refractivity (Wildman–Crippen MR) is 48.0 cm³/mol. The zero-order valence-corrected chi connectivity index (χ0v) is 7.43. The smallest absolute Gasteiger partial charge is 0.332 e. The molecular weight excluding hydrogens is 168 g/mol. The lowest BCUT2D eigenvalue weighted by Crippen LogP contribution is -2.12. The van der Waals surface area contributed by atoms with Crippen LogP contribution < -0.4 is 0 Å². The molecule has 0 spiro atoms. The van der Waals surface area contributed by atoms with Gasteiger partial charge in [0.15, 0.2) is 0 Å². The van der Waals surface area contributed by atoms with Crippen LogP contribution >= 0.6 is 0 Å². The average Bonchev–Trinajstić information content (AvgIpc) is 2.19. The van der Waals surface area contributed by atoms with Crippen LogP contribution in [0.15, 0.2) is 30.3 Å². The molecular formula is C10H12O3. The number of rotatable bonds is 3. The van der Waals surface area contributed by atoms with Crippen LogP contribution in [0.3, 0.4) is 0 Å². The lowest BCUT2D eigenvalue weighted by molar-refractivity contribution is -0.151. The Morgan fingerprint density at radius 1 is 1.46 bits per heavy atom. The summed E-state index contributed by atoms with van der Waals surface area (Å²) in [4.78, 5) is 10.7. The first-order valence-corrected chi connectivity index (χ1v) is 4.09. The Bertz CT molecular complexity index is 269. The Labute approximate surface area is 77.0 Å². The molecule has 1 atom stereocenters. The van der Waals surface area contributed by atoms with Gasteiger partial charge in [0.25, 0.3) is 0 Å². The van der Waals surface area contributed by atoms with Gasteiger partial charge in [-0.1, -0.05) is 30.3 Å². The molecule has 0 aliphatic rings. The van der Waals surface area contributed by atoms with Crippen molar-refractivity contribution in [1.82, 2.24) is 0 Å². The summed E-state index contributed by atoms with van der Waals surface area (Å²) in [5.41, 5.74) is 0.921. The molecule has 70 valence electrons. The average molecular weight is 180 g/mol. The zero-order valence-electron chi connectivity index (χ0n) is 7.43. The summed E-state index contributed by atoms with van der Waals surface area (Å²) in [7, 11) is 0. The van der Waals surface area contributed by atoms with Gasteiger partial charge in [-0.3, -0.25) is 0 Å². The fourth-order valence-electron chi connectivity index (χ4n) is 1.03. The van der Waals surface area contributed by atoms with E-state index in [1.807, 2.05) is 30.3 Å². The Hall–Kier alpha value is -1.35. The van der Waals surface area contributed by atoms with Crippen molar-refractivity contribution in [2.24, 2.45) is 0 Å². The van der Waals surface area contributed by atoms with E-state index in [-0.39, 0.29) is 6.10 Å². The third kappa shape index (κ3) is 2.87. The van der Waals surface area contributed by atoms with Gasteiger partial charge in [0.1, 0.15) is 12.7 Å². The summed E-state index contributed by atoms with van der Waals surface area (Å²) in [5.74, 6) is -0.601. The number of aliphatic hydroxyl groups excluding tert-OH is 1. The van der Waals surface area contributed by atoms with Gasteiger partial charge in [-0.25, -0.2) is 4.79 Å². The topological polar surface area (TPSA) is 46.5 Å². The van der Waals surface area contributed by atoms with Crippen LogP contribution in [0.1, 0.15) is 18.6 Å². The van der Waals surface area contributed by atoms with E-state index in [2.05, 4.69) is 0 Å². The van der Waals surface area contributed by atoms with Crippen LogP contribution in [0.4, 0.5) is 0 Å². The highest BCUT2D eigenvalue weighted by atomic mass is 16.6. The largest absolute Gasteiger partial charge is 0.456 e. The van der Waals surface area contributed by atoms with Gasteiger partial charge >= 0.3 is 5.97 Å². The molecule has 1 aromatic rings. The summed E-state index contributed by atoms with van der Waals surface area (Å²) in [6.07, 6.45) is -0.305. The molecule has 0 saturated heterocycles. The molecule has 3 nitrogen and oxygen atoms in total. The molecule has 0 fully saturated rings. The quantitative estimate of drug-likeness (QED) is 0.713. The van der Waals surface area contributed by atoms with E-state index in [4.69, 9.17) is 9.84 Å². The highest BCUT2D eigenvalue weighted by Crippen LogP contribution is 2.15. The molecule has 0 unspecified atom stereocenters. The molecule has 0 radical (unpaired) electrons. The number of aliphatic hydroxyl groups is 1. The standard InChI is InChI=1S/C10H12O3/c1-8(13-10(12)7-11)9-5-3-2-4-6-9/h2-6,8,11H,7H2,1H3/t8-/m1/s1. The lowest BCUT2D eigenvalue weighted by Gasteiger charge is -2.11. The molecule has 1 N–H and O–H groups in total. The molecule has 0 saturated carbocycles. The molecule has 0 heterocycles. The van der Waals surface area contributed by atoms with Crippen molar-refractivity contribution in [3.63, 3.8) is 0 Å². The highest BCUT2D eigenvalue weighted by molar-refractivity contribution is 5.70. The van der Waals surface area contributed by atoms with Gasteiger partial charge in [-0.05, 0) is 12.5 Å². The van der Waals surface area contributed by atoms with Gasteiger partial charge in [0.05, 0.1) is 0 Å². The van der Waals surface area contributed by atoms with Crippen LogP contribution in [0.2, 0.25) is 0 Å². The number of benzene rings is 1. The first-order valence-electron chi connectivity index (χ1n) is 4.09. The number of esters is 1. The second-order valence-corrected chi connectivity index (χ2v) is 2.70. The van der Waals surface area contributed by atoms with Crippen molar-refractivity contribution in [3.8, 4) is 0 Å². The van der Waals surface area contributed by atoms with E-state index in [1.165, 1.54) is 0 Å². The van der Waals surface area contributed by atoms with Crippen LogP contribution in [0, 0.1) is 0 Å². The lowest BCUT2D eigenvalue weighted by atomic mass is 10.1. The fraction of sp³-hybridized carbons (Fsp3) is 0.300. The molecule has 1 aromatic carbocycles. The second-order valence-electron chi connectivity index (χ2n) is 2.70. The van der Waals surface area contributed by atoms with Gasteiger partial charge in [0.2, 0.25) is 0 Å². The zero-order chi connectivity index (χ0) is 9.68. The summed E-state index contributed by atoms with van der Waals surface area (Å²) < 4.78 is 4.90. The van der Waals surface area contributed by atoms with Crippen LogP contribution in [0.5, 0.6) is 0 Å². The number of ether oxygens (including phenoxy) is 1. The minimum absolute atomic E-state index is 0.305. The van der Waals surface area contributed by atoms with E-state index in [0.29, 0.717) is 0 Å². The van der Waals surface area contributed by atoms with Crippen LogP contribution in [0.25, 0.3) is 0 Å². The molecule has 0 amide bonds. The van der Waals surface area contributed by atoms with E-state index in [9.17, 15) is 4.79 Å². The maximum absolute atomic E-state index is 10.7. The van der Waals surface area contributed by atoms with Gasteiger partial charge < -0.3 is 9.84 Å². The Morgan fingerprint density at radius 3 is 2.62 bits per heavy atom. The summed E-state index contributed by atoms with van der Waals surface area (Å²) in [5, 5.41) is 8.46. The van der Waals surface area contributed by atoms with E-state index in [0.717, 1.165) is 5.56 Å². The van der Waals surface area contributed by atoms with Crippen molar-refractivity contribution < 1.29 is 14.6 Å². The van der Waals surface area contributed by atoms with E-state index >= 15 is 0 Å². The number of carbonyl (C=O) groups is 1. The van der Waals surface area contributed by atoms with Crippen LogP contribution in [-0.4, -0.2) is 17.7 Å². The minimum atomic E-state index is -0.601. The van der Waals surface area contributed by atoms with Crippen molar-refractivity contribution >= 4 is 5.97 Å².